The van der Waals surface area contributed by atoms with E-state index >= 15 is 0 Å². The van der Waals surface area contributed by atoms with Gasteiger partial charge in [0, 0.05) is 13.5 Å². The molecule has 0 aromatic heterocycles. The maximum atomic E-state index is 11.7. The van der Waals surface area contributed by atoms with Gasteiger partial charge in [0.25, 0.3) is 0 Å². The standard InChI is InChI=1S/C15H21NO7/c1-9(17)16-7-11(18)13(20)14(21)12(19)8-23-15(22)10-5-3-2-4-6-10/h2-6,11-14,18-21H,7-8H2,1H3,(H,16,17)/t11-,12+,13+,14+/m0/s1. The fraction of sp³-hybridized carbons (Fsp3) is 0.467. The zero-order chi connectivity index (χ0) is 17.4. The SMILES string of the molecule is CC(=O)NC[C@H](O)[C@@H](O)[C@H](O)[C@H](O)COC(=O)c1ccccc1. The monoisotopic (exact) mass is 327 g/mol. The van der Waals surface area contributed by atoms with Crippen molar-refractivity contribution in [2.75, 3.05) is 13.2 Å². The van der Waals surface area contributed by atoms with Gasteiger partial charge in [-0.05, 0) is 12.1 Å². The van der Waals surface area contributed by atoms with E-state index in [1.165, 1.54) is 19.1 Å². The lowest BCUT2D eigenvalue weighted by atomic mass is 10.0. The van der Waals surface area contributed by atoms with Crippen LogP contribution in [0, 0.1) is 0 Å². The summed E-state index contributed by atoms with van der Waals surface area (Å²) in [6.07, 6.45) is -6.53. The van der Waals surface area contributed by atoms with Gasteiger partial charge in [-0.2, -0.15) is 0 Å². The number of aliphatic hydroxyl groups is 4. The number of hydrogen-bond donors (Lipinski definition) is 5. The molecule has 1 rings (SSSR count). The molecule has 0 aliphatic carbocycles. The molecule has 0 spiro atoms. The van der Waals surface area contributed by atoms with Gasteiger partial charge in [0.2, 0.25) is 5.91 Å². The minimum Gasteiger partial charge on any atom is -0.459 e. The van der Waals surface area contributed by atoms with E-state index in [2.05, 4.69) is 5.32 Å². The van der Waals surface area contributed by atoms with Crippen LogP contribution in [-0.4, -0.2) is 69.9 Å². The maximum Gasteiger partial charge on any atom is 0.338 e. The summed E-state index contributed by atoms with van der Waals surface area (Å²) in [7, 11) is 0. The van der Waals surface area contributed by atoms with Crippen LogP contribution < -0.4 is 5.32 Å². The Balaban J connectivity index is 2.45. The summed E-state index contributed by atoms with van der Waals surface area (Å²) < 4.78 is 4.83. The molecule has 4 atom stereocenters. The number of ether oxygens (including phenoxy) is 1. The number of aliphatic hydroxyl groups excluding tert-OH is 4. The lowest BCUT2D eigenvalue weighted by Crippen LogP contribution is -2.49. The number of esters is 1. The Morgan fingerprint density at radius 3 is 2.17 bits per heavy atom. The highest BCUT2D eigenvalue weighted by Gasteiger charge is 2.31. The molecule has 8 heteroatoms. The van der Waals surface area contributed by atoms with Crippen LogP contribution in [0.4, 0.5) is 0 Å². The molecule has 0 radical (unpaired) electrons. The molecule has 0 heterocycles. The molecular weight excluding hydrogens is 306 g/mol. The summed E-state index contributed by atoms with van der Waals surface area (Å²) in [6.45, 7) is 0.385. The Hall–Kier alpha value is -2.00. The van der Waals surface area contributed by atoms with E-state index in [0.29, 0.717) is 0 Å². The van der Waals surface area contributed by atoms with Gasteiger partial charge in [-0.15, -0.1) is 0 Å². The maximum absolute atomic E-state index is 11.7. The van der Waals surface area contributed by atoms with Gasteiger partial charge >= 0.3 is 5.97 Å². The van der Waals surface area contributed by atoms with Crippen molar-refractivity contribution in [3.8, 4) is 0 Å². The minimum atomic E-state index is -1.75. The predicted molar refractivity (Wildman–Crippen MR) is 79.4 cm³/mol. The van der Waals surface area contributed by atoms with Crippen molar-refractivity contribution in [2.45, 2.75) is 31.3 Å². The van der Waals surface area contributed by atoms with Crippen LogP contribution >= 0.6 is 0 Å². The van der Waals surface area contributed by atoms with E-state index in [-0.39, 0.29) is 12.1 Å². The van der Waals surface area contributed by atoms with Gasteiger partial charge in [-0.25, -0.2) is 4.79 Å². The van der Waals surface area contributed by atoms with Crippen LogP contribution in [0.2, 0.25) is 0 Å². The summed E-state index contributed by atoms with van der Waals surface area (Å²) in [4.78, 5) is 22.4. The van der Waals surface area contributed by atoms with Crippen LogP contribution in [0.3, 0.4) is 0 Å². The second-order valence-corrected chi connectivity index (χ2v) is 5.02. The van der Waals surface area contributed by atoms with E-state index in [4.69, 9.17) is 4.74 Å². The Bertz CT molecular complexity index is 508. The largest absolute Gasteiger partial charge is 0.459 e. The normalized spacial score (nSPS) is 16.0. The first-order valence-electron chi connectivity index (χ1n) is 7.01. The smallest absolute Gasteiger partial charge is 0.338 e. The third kappa shape index (κ3) is 6.33. The molecule has 1 amide bonds. The first-order chi connectivity index (χ1) is 10.8. The lowest BCUT2D eigenvalue weighted by Gasteiger charge is -2.26. The fourth-order valence-electron chi connectivity index (χ4n) is 1.74. The Kier molecular flexibility index (Phi) is 7.63. The Labute approximate surface area is 133 Å². The number of benzene rings is 1. The molecule has 1 aromatic rings. The Morgan fingerprint density at radius 1 is 1.04 bits per heavy atom. The highest BCUT2D eigenvalue weighted by atomic mass is 16.5. The van der Waals surface area contributed by atoms with Gasteiger partial charge in [0.1, 0.15) is 24.9 Å². The number of carbonyl (C=O) groups is 2. The third-order valence-corrected chi connectivity index (χ3v) is 3.09. The number of nitrogens with one attached hydrogen (secondary N) is 1. The number of hydrogen-bond acceptors (Lipinski definition) is 7. The highest BCUT2D eigenvalue weighted by Crippen LogP contribution is 2.07. The van der Waals surface area contributed by atoms with Crippen molar-refractivity contribution in [3.63, 3.8) is 0 Å². The molecule has 0 fully saturated rings. The van der Waals surface area contributed by atoms with Gasteiger partial charge in [-0.1, -0.05) is 18.2 Å². The molecule has 128 valence electrons. The molecule has 0 bridgehead atoms. The lowest BCUT2D eigenvalue weighted by molar-refractivity contribution is -0.124. The number of rotatable bonds is 8. The molecule has 0 unspecified atom stereocenters. The second-order valence-electron chi connectivity index (χ2n) is 5.02. The van der Waals surface area contributed by atoms with E-state index < -0.39 is 42.9 Å². The number of carbonyl (C=O) groups excluding carboxylic acids is 2. The van der Waals surface area contributed by atoms with Gasteiger partial charge in [-0.3, -0.25) is 4.79 Å². The summed E-state index contributed by atoms with van der Waals surface area (Å²) in [5, 5.41) is 41.0. The molecule has 0 aliphatic rings. The van der Waals surface area contributed by atoms with Crippen molar-refractivity contribution in [2.24, 2.45) is 0 Å². The zero-order valence-corrected chi connectivity index (χ0v) is 12.6. The molecule has 0 saturated carbocycles. The summed E-state index contributed by atoms with van der Waals surface area (Å²) in [5.74, 6) is -1.10. The molecule has 8 nitrogen and oxygen atoms in total. The van der Waals surface area contributed by atoms with Crippen LogP contribution in [-0.2, 0) is 9.53 Å². The molecule has 23 heavy (non-hydrogen) atoms. The average molecular weight is 327 g/mol. The van der Waals surface area contributed by atoms with Crippen molar-refractivity contribution < 1.29 is 34.8 Å². The molecule has 5 N–H and O–H groups in total. The first-order valence-corrected chi connectivity index (χ1v) is 7.01. The summed E-state index contributed by atoms with van der Waals surface area (Å²) in [5.41, 5.74) is 0.278. The van der Waals surface area contributed by atoms with Crippen molar-refractivity contribution >= 4 is 11.9 Å². The average Bonchev–Trinajstić information content (AvgIpc) is 2.56. The first kappa shape index (κ1) is 19.0. The van der Waals surface area contributed by atoms with Gasteiger partial charge in [0.15, 0.2) is 0 Å². The van der Waals surface area contributed by atoms with Crippen LogP contribution in [0.1, 0.15) is 17.3 Å². The van der Waals surface area contributed by atoms with Crippen molar-refractivity contribution in [1.82, 2.24) is 5.32 Å². The van der Waals surface area contributed by atoms with E-state index in [1.807, 2.05) is 0 Å². The van der Waals surface area contributed by atoms with E-state index in [9.17, 15) is 30.0 Å². The summed E-state index contributed by atoms with van der Waals surface area (Å²) in [6, 6.07) is 8.06. The zero-order valence-electron chi connectivity index (χ0n) is 12.6. The third-order valence-electron chi connectivity index (χ3n) is 3.09. The van der Waals surface area contributed by atoms with Crippen molar-refractivity contribution in [1.29, 1.82) is 0 Å². The Morgan fingerprint density at radius 2 is 1.61 bits per heavy atom. The van der Waals surface area contributed by atoms with Crippen LogP contribution in [0.15, 0.2) is 30.3 Å². The number of amides is 1. The predicted octanol–water partition coefficient (Wildman–Crippen LogP) is -1.58. The quantitative estimate of drug-likeness (QED) is 0.364. The topological polar surface area (TPSA) is 136 Å². The summed E-state index contributed by atoms with van der Waals surface area (Å²) >= 11 is 0. The van der Waals surface area contributed by atoms with Crippen LogP contribution in [0.25, 0.3) is 0 Å². The molecule has 0 saturated heterocycles. The molecular formula is C15H21NO7. The van der Waals surface area contributed by atoms with Gasteiger partial charge in [0.05, 0.1) is 11.7 Å². The fourth-order valence-corrected chi connectivity index (χ4v) is 1.74. The van der Waals surface area contributed by atoms with Crippen molar-refractivity contribution in [3.05, 3.63) is 35.9 Å². The van der Waals surface area contributed by atoms with E-state index in [0.717, 1.165) is 0 Å². The van der Waals surface area contributed by atoms with Gasteiger partial charge < -0.3 is 30.5 Å². The minimum absolute atomic E-state index is 0.278. The highest BCUT2D eigenvalue weighted by molar-refractivity contribution is 5.89. The van der Waals surface area contributed by atoms with Crippen LogP contribution in [0.5, 0.6) is 0 Å². The van der Waals surface area contributed by atoms with E-state index in [1.54, 1.807) is 18.2 Å². The molecule has 0 aliphatic heterocycles. The molecule has 1 aromatic carbocycles. The second kappa shape index (κ2) is 9.21.